The van der Waals surface area contributed by atoms with Crippen molar-refractivity contribution in [1.82, 2.24) is 0 Å². The van der Waals surface area contributed by atoms with Gasteiger partial charge in [-0.15, -0.1) is 0 Å². The van der Waals surface area contributed by atoms with Gasteiger partial charge in [0, 0.05) is 11.4 Å². The second-order valence-electron chi connectivity index (χ2n) is 4.18. The minimum absolute atomic E-state index is 0.0101. The van der Waals surface area contributed by atoms with E-state index in [-0.39, 0.29) is 6.04 Å². The van der Waals surface area contributed by atoms with E-state index < -0.39 is 5.97 Å². The van der Waals surface area contributed by atoms with Gasteiger partial charge in [0.25, 0.3) is 0 Å². The normalized spacial score (nSPS) is 11.9. The maximum atomic E-state index is 11.6. The molecule has 0 aliphatic heterocycles. The Hall–Kier alpha value is -2.43. The number of hydrogen-bond acceptors (Lipinski definition) is 5. The van der Waals surface area contributed by atoms with Crippen molar-refractivity contribution in [3.8, 4) is 0 Å². The van der Waals surface area contributed by atoms with Gasteiger partial charge in [-0.1, -0.05) is 0 Å². The monoisotopic (exact) mass is 260 g/mol. The summed E-state index contributed by atoms with van der Waals surface area (Å²) in [5, 5.41) is 3.23. The zero-order valence-corrected chi connectivity index (χ0v) is 10.8. The third kappa shape index (κ3) is 2.88. The van der Waals surface area contributed by atoms with Gasteiger partial charge >= 0.3 is 5.97 Å². The second kappa shape index (κ2) is 5.48. The second-order valence-corrected chi connectivity index (χ2v) is 4.18. The van der Waals surface area contributed by atoms with Crippen LogP contribution in [-0.2, 0) is 4.74 Å². The molecular formula is C14H16N2O3. The van der Waals surface area contributed by atoms with E-state index in [2.05, 4.69) is 10.1 Å². The van der Waals surface area contributed by atoms with E-state index in [0.29, 0.717) is 11.3 Å². The molecule has 1 heterocycles. The summed E-state index contributed by atoms with van der Waals surface area (Å²) in [5.41, 5.74) is 7.26. The summed E-state index contributed by atoms with van der Waals surface area (Å²) in [6.45, 7) is 1.97. The molecule has 0 aliphatic rings. The van der Waals surface area contributed by atoms with Crippen molar-refractivity contribution in [2.75, 3.05) is 18.2 Å². The lowest BCUT2D eigenvalue weighted by Gasteiger charge is -2.14. The van der Waals surface area contributed by atoms with Gasteiger partial charge in [0.15, 0.2) is 0 Å². The van der Waals surface area contributed by atoms with Gasteiger partial charge in [0.2, 0.25) is 0 Å². The quantitative estimate of drug-likeness (QED) is 0.653. The van der Waals surface area contributed by atoms with Crippen LogP contribution in [0.15, 0.2) is 41.0 Å². The van der Waals surface area contributed by atoms with E-state index in [4.69, 9.17) is 10.2 Å². The van der Waals surface area contributed by atoms with Crippen molar-refractivity contribution in [3.05, 3.63) is 47.9 Å². The largest absolute Gasteiger partial charge is 0.467 e. The highest BCUT2D eigenvalue weighted by Crippen LogP contribution is 2.23. The first kappa shape index (κ1) is 13.0. The molecule has 1 aromatic carbocycles. The Morgan fingerprint density at radius 1 is 1.42 bits per heavy atom. The number of rotatable bonds is 4. The van der Waals surface area contributed by atoms with Gasteiger partial charge in [0.1, 0.15) is 5.76 Å². The zero-order valence-electron chi connectivity index (χ0n) is 10.8. The van der Waals surface area contributed by atoms with Crippen LogP contribution in [0.3, 0.4) is 0 Å². The van der Waals surface area contributed by atoms with E-state index in [1.165, 1.54) is 7.11 Å². The number of carbonyl (C=O) groups is 1. The third-order valence-electron chi connectivity index (χ3n) is 2.81. The lowest BCUT2D eigenvalue weighted by Crippen LogP contribution is -2.09. The number of nitrogens with one attached hydrogen (secondary N) is 1. The topological polar surface area (TPSA) is 77.5 Å². The first-order valence-corrected chi connectivity index (χ1v) is 5.89. The van der Waals surface area contributed by atoms with Gasteiger partial charge in [-0.3, -0.25) is 0 Å². The van der Waals surface area contributed by atoms with E-state index in [1.54, 1.807) is 24.5 Å². The highest BCUT2D eigenvalue weighted by molar-refractivity contribution is 5.96. The predicted molar refractivity (Wildman–Crippen MR) is 72.9 cm³/mol. The fourth-order valence-corrected chi connectivity index (χ4v) is 1.79. The van der Waals surface area contributed by atoms with Crippen LogP contribution in [0, 0.1) is 0 Å². The molecule has 0 fully saturated rings. The summed E-state index contributed by atoms with van der Waals surface area (Å²) >= 11 is 0. The van der Waals surface area contributed by atoms with Crippen LogP contribution < -0.4 is 11.1 Å². The van der Waals surface area contributed by atoms with E-state index in [0.717, 1.165) is 11.4 Å². The number of furan rings is 1. The molecule has 0 amide bonds. The predicted octanol–water partition coefficient (Wildman–Crippen LogP) is 2.82. The first-order valence-electron chi connectivity index (χ1n) is 5.89. The molecule has 19 heavy (non-hydrogen) atoms. The number of esters is 1. The molecule has 0 bridgehead atoms. The number of benzene rings is 1. The minimum Gasteiger partial charge on any atom is -0.467 e. The molecular weight excluding hydrogens is 244 g/mol. The minimum atomic E-state index is -0.452. The first-order chi connectivity index (χ1) is 9.11. The van der Waals surface area contributed by atoms with Crippen molar-refractivity contribution in [3.63, 3.8) is 0 Å². The fraction of sp³-hybridized carbons (Fsp3) is 0.214. The van der Waals surface area contributed by atoms with Gasteiger partial charge in [0.05, 0.1) is 25.0 Å². The van der Waals surface area contributed by atoms with Crippen LogP contribution in [0.5, 0.6) is 0 Å². The van der Waals surface area contributed by atoms with Crippen LogP contribution in [0.4, 0.5) is 11.4 Å². The Morgan fingerprint density at radius 2 is 2.21 bits per heavy atom. The molecule has 2 rings (SSSR count). The van der Waals surface area contributed by atoms with Crippen molar-refractivity contribution >= 4 is 17.3 Å². The zero-order chi connectivity index (χ0) is 13.8. The van der Waals surface area contributed by atoms with Gasteiger partial charge in [-0.2, -0.15) is 0 Å². The lowest BCUT2D eigenvalue weighted by molar-refractivity contribution is 0.0602. The van der Waals surface area contributed by atoms with Crippen LogP contribution in [-0.4, -0.2) is 13.1 Å². The Bertz CT molecular complexity index is 564. The summed E-state index contributed by atoms with van der Waals surface area (Å²) in [6.07, 6.45) is 1.62. The lowest BCUT2D eigenvalue weighted by atomic mass is 10.1. The molecule has 100 valence electrons. The molecule has 5 nitrogen and oxygen atoms in total. The molecule has 0 saturated heterocycles. The fourth-order valence-electron chi connectivity index (χ4n) is 1.79. The van der Waals surface area contributed by atoms with Crippen molar-refractivity contribution in [1.29, 1.82) is 0 Å². The SMILES string of the molecule is COC(=O)c1cc(NC(C)c2ccco2)ccc1N. The maximum absolute atomic E-state index is 11.6. The Kier molecular flexibility index (Phi) is 3.75. The molecule has 1 aromatic heterocycles. The third-order valence-corrected chi connectivity index (χ3v) is 2.81. The van der Waals surface area contributed by atoms with Gasteiger partial charge in [-0.25, -0.2) is 4.79 Å². The Morgan fingerprint density at radius 3 is 2.84 bits per heavy atom. The van der Waals surface area contributed by atoms with Crippen molar-refractivity contribution < 1.29 is 13.9 Å². The number of hydrogen-bond donors (Lipinski definition) is 2. The number of nitrogen functional groups attached to an aromatic ring is 1. The molecule has 0 saturated carbocycles. The average molecular weight is 260 g/mol. The standard InChI is InChI=1S/C14H16N2O3/c1-9(13-4-3-7-19-13)16-10-5-6-12(15)11(8-10)14(17)18-2/h3-9,16H,15H2,1-2H3. The molecule has 0 aliphatic carbocycles. The summed E-state index contributed by atoms with van der Waals surface area (Å²) in [4.78, 5) is 11.6. The molecule has 1 atom stereocenters. The molecule has 3 N–H and O–H groups in total. The molecule has 0 radical (unpaired) electrons. The van der Waals surface area contributed by atoms with Gasteiger partial charge < -0.3 is 20.2 Å². The summed E-state index contributed by atoms with van der Waals surface area (Å²) in [5.74, 6) is 0.364. The smallest absolute Gasteiger partial charge is 0.340 e. The average Bonchev–Trinajstić information content (AvgIpc) is 2.94. The van der Waals surface area contributed by atoms with Crippen LogP contribution in [0.1, 0.15) is 29.1 Å². The Balaban J connectivity index is 2.19. The summed E-state index contributed by atoms with van der Waals surface area (Å²) in [6, 6.07) is 8.85. The van der Waals surface area contributed by atoms with E-state index in [9.17, 15) is 4.79 Å². The summed E-state index contributed by atoms with van der Waals surface area (Å²) in [7, 11) is 1.33. The highest BCUT2D eigenvalue weighted by Gasteiger charge is 2.13. The van der Waals surface area contributed by atoms with Crippen LogP contribution >= 0.6 is 0 Å². The van der Waals surface area contributed by atoms with E-state index in [1.807, 2.05) is 19.1 Å². The highest BCUT2D eigenvalue weighted by atomic mass is 16.5. The van der Waals surface area contributed by atoms with Crippen molar-refractivity contribution in [2.45, 2.75) is 13.0 Å². The van der Waals surface area contributed by atoms with Crippen LogP contribution in [0.2, 0.25) is 0 Å². The number of nitrogens with two attached hydrogens (primary N) is 1. The Labute approximate surface area is 111 Å². The molecule has 5 heteroatoms. The maximum Gasteiger partial charge on any atom is 0.340 e. The molecule has 0 spiro atoms. The van der Waals surface area contributed by atoms with Gasteiger partial charge in [-0.05, 0) is 37.3 Å². The van der Waals surface area contributed by atoms with E-state index >= 15 is 0 Å². The number of carbonyl (C=O) groups excluding carboxylic acids is 1. The number of ether oxygens (including phenoxy) is 1. The number of methoxy groups -OCH3 is 1. The summed E-state index contributed by atoms with van der Waals surface area (Å²) < 4.78 is 10.00. The van der Waals surface area contributed by atoms with Crippen LogP contribution in [0.25, 0.3) is 0 Å². The van der Waals surface area contributed by atoms with Crippen molar-refractivity contribution in [2.24, 2.45) is 0 Å². The number of anilines is 2. The molecule has 2 aromatic rings. The molecule has 1 unspecified atom stereocenters.